The lowest BCUT2D eigenvalue weighted by Gasteiger charge is -2.32. The molecule has 5 rings (SSSR count). The predicted molar refractivity (Wildman–Crippen MR) is 129 cm³/mol. The Kier molecular flexibility index (Phi) is 8.55. The number of ether oxygens (including phenoxy) is 1. The predicted octanol–water partition coefficient (Wildman–Crippen LogP) is 4.89. The minimum absolute atomic E-state index is 0.0185. The van der Waals surface area contributed by atoms with Crippen LogP contribution in [0.3, 0.4) is 0 Å². The number of amides is 1. The van der Waals surface area contributed by atoms with E-state index in [4.69, 9.17) is 10.5 Å². The third-order valence-electron chi connectivity index (χ3n) is 6.72. The van der Waals surface area contributed by atoms with Gasteiger partial charge >= 0.3 is 6.18 Å². The Hall–Kier alpha value is -2.50. The third-order valence-corrected chi connectivity index (χ3v) is 7.74. The van der Waals surface area contributed by atoms with Crippen molar-refractivity contribution in [1.29, 1.82) is 0 Å². The summed E-state index contributed by atoms with van der Waals surface area (Å²) in [7, 11) is 0. The Morgan fingerprint density at radius 3 is 2.14 bits per heavy atom. The molecule has 2 aliphatic carbocycles. The highest BCUT2D eigenvalue weighted by Gasteiger charge is 2.31. The maximum absolute atomic E-state index is 14.3. The van der Waals surface area contributed by atoms with E-state index in [-0.39, 0.29) is 16.9 Å². The summed E-state index contributed by atoms with van der Waals surface area (Å²) >= 11 is -1.76. The van der Waals surface area contributed by atoms with Crippen LogP contribution in [0.25, 0.3) is 0 Å². The Labute approximate surface area is 215 Å². The van der Waals surface area contributed by atoms with Crippen molar-refractivity contribution >= 4 is 17.0 Å². The molecule has 37 heavy (non-hydrogen) atoms. The Morgan fingerprint density at radius 1 is 1.05 bits per heavy atom. The summed E-state index contributed by atoms with van der Waals surface area (Å²) in [4.78, 5) is 13.7. The van der Waals surface area contributed by atoms with Gasteiger partial charge in [-0.2, -0.15) is 13.2 Å². The number of carbonyl (C=O) groups is 1. The van der Waals surface area contributed by atoms with Gasteiger partial charge in [0.25, 0.3) is 5.91 Å². The van der Waals surface area contributed by atoms with E-state index < -0.39 is 34.5 Å². The van der Waals surface area contributed by atoms with Crippen LogP contribution >= 0.6 is 0 Å². The molecule has 2 aromatic rings. The summed E-state index contributed by atoms with van der Waals surface area (Å²) < 4.78 is 77.7. The fourth-order valence-corrected chi connectivity index (χ4v) is 4.85. The number of halogens is 4. The molecule has 6 nitrogen and oxygen atoms in total. The highest BCUT2D eigenvalue weighted by Crippen LogP contribution is 2.43. The molecular weight excluding hydrogens is 512 g/mol. The van der Waals surface area contributed by atoms with Crippen molar-refractivity contribution in [2.45, 2.75) is 68.5 Å². The number of nitrogens with two attached hydrogens (primary N) is 1. The van der Waals surface area contributed by atoms with Gasteiger partial charge in [0.2, 0.25) is 0 Å². The highest BCUT2D eigenvalue weighted by atomic mass is 32.2. The normalized spacial score (nSPS) is 19.6. The maximum Gasteiger partial charge on any atom is 0.416 e. The highest BCUT2D eigenvalue weighted by molar-refractivity contribution is 7.80. The molecule has 1 amide bonds. The van der Waals surface area contributed by atoms with Crippen LogP contribution in [0.5, 0.6) is 5.75 Å². The molecule has 1 aliphatic heterocycles. The van der Waals surface area contributed by atoms with E-state index in [1.54, 1.807) is 6.07 Å². The quantitative estimate of drug-likeness (QED) is 0.398. The maximum atomic E-state index is 14.3. The van der Waals surface area contributed by atoms with Gasteiger partial charge < -0.3 is 15.0 Å². The minimum Gasteiger partial charge on any atom is -0.772 e. The van der Waals surface area contributed by atoms with E-state index in [0.29, 0.717) is 18.2 Å². The first-order chi connectivity index (χ1) is 17.5. The summed E-state index contributed by atoms with van der Waals surface area (Å²) in [6.45, 7) is 2.04. The van der Waals surface area contributed by atoms with Crippen LogP contribution in [-0.2, 0) is 23.8 Å². The Balaban J connectivity index is 0.000000469. The topological polar surface area (TPSA) is 95.7 Å². The van der Waals surface area contributed by atoms with Crippen molar-refractivity contribution in [3.05, 3.63) is 64.5 Å². The first kappa shape index (κ1) is 27.5. The number of benzene rings is 2. The number of alkyl halides is 3. The van der Waals surface area contributed by atoms with Crippen LogP contribution in [0, 0.1) is 5.82 Å². The van der Waals surface area contributed by atoms with Gasteiger partial charge in [-0.1, -0.05) is 11.1 Å². The van der Waals surface area contributed by atoms with Crippen molar-refractivity contribution in [3.63, 3.8) is 0 Å². The molecule has 1 unspecified atom stereocenters. The first-order valence-electron chi connectivity index (χ1n) is 12.3. The molecule has 2 saturated carbocycles. The van der Waals surface area contributed by atoms with Crippen molar-refractivity contribution in [1.82, 2.24) is 4.90 Å². The lowest BCUT2D eigenvalue weighted by atomic mass is 9.97. The Bertz CT molecular complexity index is 1130. The minimum atomic E-state index is -4.36. The van der Waals surface area contributed by atoms with Gasteiger partial charge in [0.1, 0.15) is 17.7 Å². The largest absolute Gasteiger partial charge is 0.772 e. The number of likely N-dealkylation sites (tertiary alicyclic amines) is 1. The molecule has 1 atom stereocenters. The zero-order valence-electron chi connectivity index (χ0n) is 20.1. The molecule has 0 spiro atoms. The van der Waals surface area contributed by atoms with E-state index in [2.05, 4.69) is 4.90 Å². The standard InChI is InChI=1S/C23H24F4N2O2.C3H6O2S/c24-21-11-15(19(14-1-2-14)12-20(21)22(28)30)13-29-9-7-18(8-10-29)31-17-5-3-16(4-6-17)23(25,26)27;4-6(5)3-1-2-3/h3-6,11-12,14,18H,1-2,7-10,13H2,(H2,28,30);3H,1-2H2,(H,4,5)/p-1. The second-order valence-electron chi connectivity index (χ2n) is 9.74. The zero-order valence-corrected chi connectivity index (χ0v) is 21.0. The number of carbonyl (C=O) groups excluding carboxylic acids is 1. The van der Waals surface area contributed by atoms with Crippen LogP contribution in [0.1, 0.15) is 71.5 Å². The molecule has 202 valence electrons. The summed E-state index contributed by atoms with van der Waals surface area (Å²) in [5.74, 6) is -0.569. The molecule has 1 heterocycles. The monoisotopic (exact) mass is 541 g/mol. The van der Waals surface area contributed by atoms with Crippen molar-refractivity contribution in [2.24, 2.45) is 5.73 Å². The molecular formula is C26H29F4N2O4S-. The summed E-state index contributed by atoms with van der Waals surface area (Å²) in [6.07, 6.45) is 0.831. The SMILES string of the molecule is NC(=O)c1cc(C2CC2)c(CN2CCC(Oc3ccc(C(F)(F)F)cc3)CC2)cc1F.O=S([O-])C1CC1. The number of piperidine rings is 1. The summed E-state index contributed by atoms with van der Waals surface area (Å²) in [6, 6.07) is 7.77. The fraction of sp³-hybridized carbons (Fsp3) is 0.500. The lowest BCUT2D eigenvalue weighted by molar-refractivity contribution is -0.137. The number of rotatable bonds is 7. The van der Waals surface area contributed by atoms with Crippen molar-refractivity contribution in [2.75, 3.05) is 13.1 Å². The van der Waals surface area contributed by atoms with Crippen LogP contribution in [0.2, 0.25) is 0 Å². The lowest BCUT2D eigenvalue weighted by Crippen LogP contribution is -2.38. The van der Waals surface area contributed by atoms with Crippen LogP contribution in [-0.4, -0.2) is 44.0 Å². The van der Waals surface area contributed by atoms with E-state index in [9.17, 15) is 31.1 Å². The van der Waals surface area contributed by atoms with Crippen molar-refractivity contribution < 1.29 is 35.9 Å². The summed E-state index contributed by atoms with van der Waals surface area (Å²) in [5, 5.41) is 0.0185. The Morgan fingerprint density at radius 2 is 1.68 bits per heavy atom. The molecule has 3 aliphatic rings. The molecule has 2 N–H and O–H groups in total. The second kappa shape index (κ2) is 11.5. The molecule has 3 fully saturated rings. The molecule has 11 heteroatoms. The second-order valence-corrected chi connectivity index (χ2v) is 10.9. The van der Waals surface area contributed by atoms with Gasteiger partial charge in [-0.05, 0) is 92.0 Å². The zero-order chi connectivity index (χ0) is 26.7. The van der Waals surface area contributed by atoms with E-state index in [0.717, 1.165) is 74.9 Å². The first-order valence-corrected chi connectivity index (χ1v) is 13.4. The smallest absolute Gasteiger partial charge is 0.416 e. The molecule has 0 aromatic heterocycles. The molecule has 1 saturated heterocycles. The molecule has 0 bridgehead atoms. The average Bonchev–Trinajstić information content (AvgIpc) is 3.74. The van der Waals surface area contributed by atoms with Gasteiger partial charge in [0, 0.05) is 24.9 Å². The number of primary amides is 1. The van der Waals surface area contributed by atoms with Gasteiger partial charge in [0.15, 0.2) is 0 Å². The van der Waals surface area contributed by atoms with E-state index in [1.165, 1.54) is 18.2 Å². The molecule has 2 aromatic carbocycles. The van der Waals surface area contributed by atoms with Crippen LogP contribution in [0.15, 0.2) is 36.4 Å². The van der Waals surface area contributed by atoms with E-state index in [1.807, 2.05) is 0 Å². The fourth-order valence-electron chi connectivity index (χ4n) is 4.33. The van der Waals surface area contributed by atoms with E-state index >= 15 is 0 Å². The van der Waals surface area contributed by atoms with Gasteiger partial charge in [0.05, 0.1) is 11.1 Å². The summed E-state index contributed by atoms with van der Waals surface area (Å²) in [5.41, 5.74) is 6.41. The van der Waals surface area contributed by atoms with Crippen molar-refractivity contribution in [3.8, 4) is 5.75 Å². The van der Waals surface area contributed by atoms with Crippen LogP contribution in [0.4, 0.5) is 17.6 Å². The van der Waals surface area contributed by atoms with Gasteiger partial charge in [-0.25, -0.2) is 4.39 Å². The molecule has 0 radical (unpaired) electrons. The average molecular weight is 542 g/mol. The third kappa shape index (κ3) is 7.75. The number of hydrogen-bond donors (Lipinski definition) is 1. The van der Waals surface area contributed by atoms with Gasteiger partial charge in [-0.3, -0.25) is 13.9 Å². The number of hydrogen-bond acceptors (Lipinski definition) is 5. The van der Waals surface area contributed by atoms with Gasteiger partial charge in [-0.15, -0.1) is 0 Å². The number of nitrogens with zero attached hydrogens (tertiary/aromatic N) is 1. The van der Waals surface area contributed by atoms with Crippen LogP contribution < -0.4 is 10.5 Å².